The smallest absolute Gasteiger partial charge is 0.316 e. The molecule has 0 radical (unpaired) electrons. The molecular formula is C20H18N8O. The van der Waals surface area contributed by atoms with E-state index in [4.69, 9.17) is 0 Å². The van der Waals surface area contributed by atoms with Gasteiger partial charge in [0.25, 0.3) is 0 Å². The first kappa shape index (κ1) is 18.2. The zero-order chi connectivity index (χ0) is 19.9. The van der Waals surface area contributed by atoms with Crippen LogP contribution >= 0.6 is 0 Å². The van der Waals surface area contributed by atoms with Crippen molar-refractivity contribution >= 4 is 11.7 Å². The molecule has 4 aromatic rings. The van der Waals surface area contributed by atoms with Crippen LogP contribution < -0.4 is 5.32 Å². The van der Waals surface area contributed by atoms with Crippen molar-refractivity contribution in [1.29, 1.82) is 0 Å². The topological polar surface area (TPSA) is 102 Å². The van der Waals surface area contributed by atoms with Crippen LogP contribution in [0.3, 0.4) is 0 Å². The molecule has 4 heterocycles. The van der Waals surface area contributed by atoms with Crippen molar-refractivity contribution in [3.63, 3.8) is 0 Å². The summed E-state index contributed by atoms with van der Waals surface area (Å²) >= 11 is 0. The van der Waals surface area contributed by atoms with Gasteiger partial charge in [-0.2, -0.15) is 5.10 Å². The van der Waals surface area contributed by atoms with Gasteiger partial charge in [0.15, 0.2) is 5.82 Å². The minimum atomic E-state index is -0.235. The highest BCUT2D eigenvalue weighted by Crippen LogP contribution is 2.13. The predicted molar refractivity (Wildman–Crippen MR) is 106 cm³/mol. The first-order chi connectivity index (χ1) is 14.3. The molecular weight excluding hydrogens is 368 g/mol. The van der Waals surface area contributed by atoms with E-state index in [-0.39, 0.29) is 6.03 Å². The van der Waals surface area contributed by atoms with Gasteiger partial charge in [0.05, 0.1) is 11.9 Å². The molecule has 0 aromatic carbocycles. The molecule has 2 amide bonds. The fraction of sp³-hybridized carbons (Fsp3) is 0.100. The molecule has 0 fully saturated rings. The molecule has 0 aliphatic rings. The number of rotatable bonds is 6. The molecule has 9 nitrogen and oxygen atoms in total. The van der Waals surface area contributed by atoms with Gasteiger partial charge in [-0.1, -0.05) is 6.07 Å². The van der Waals surface area contributed by atoms with Crippen LogP contribution in [0.5, 0.6) is 0 Å². The molecule has 144 valence electrons. The van der Waals surface area contributed by atoms with Crippen LogP contribution in [-0.2, 0) is 13.1 Å². The van der Waals surface area contributed by atoms with E-state index in [0.29, 0.717) is 24.6 Å². The zero-order valence-corrected chi connectivity index (χ0v) is 15.5. The van der Waals surface area contributed by atoms with Gasteiger partial charge in [-0.25, -0.2) is 19.4 Å². The summed E-state index contributed by atoms with van der Waals surface area (Å²) in [5.74, 6) is 0.615. The van der Waals surface area contributed by atoms with Gasteiger partial charge in [0.1, 0.15) is 12.7 Å². The second kappa shape index (κ2) is 8.70. The molecule has 1 N–H and O–H groups in total. The third kappa shape index (κ3) is 4.78. The molecule has 0 atom stereocenters. The molecule has 4 aromatic heterocycles. The average molecular weight is 386 g/mol. The van der Waals surface area contributed by atoms with E-state index < -0.39 is 0 Å². The fourth-order valence-electron chi connectivity index (χ4n) is 2.74. The Hall–Kier alpha value is -4.14. The lowest BCUT2D eigenvalue weighted by atomic mass is 10.2. The van der Waals surface area contributed by atoms with Crippen LogP contribution in [0.15, 0.2) is 80.0 Å². The number of hydrogen-bond donors (Lipinski definition) is 1. The Morgan fingerprint density at radius 2 is 1.79 bits per heavy atom. The number of nitrogens with zero attached hydrogens (tertiary/aromatic N) is 7. The number of nitrogens with one attached hydrogen (secondary N) is 1. The first-order valence-corrected chi connectivity index (χ1v) is 8.93. The average Bonchev–Trinajstić information content (AvgIpc) is 3.30. The molecule has 0 unspecified atom stereocenters. The molecule has 0 saturated carbocycles. The molecule has 0 spiro atoms. The third-order valence-electron chi connectivity index (χ3n) is 4.16. The van der Waals surface area contributed by atoms with Crippen LogP contribution in [0.4, 0.5) is 10.5 Å². The van der Waals surface area contributed by atoms with Crippen LogP contribution in [-0.4, -0.2) is 40.6 Å². The Labute approximate surface area is 167 Å². The summed E-state index contributed by atoms with van der Waals surface area (Å²) in [7, 11) is 0. The van der Waals surface area contributed by atoms with Gasteiger partial charge in [-0.3, -0.25) is 9.97 Å². The summed E-state index contributed by atoms with van der Waals surface area (Å²) in [6.45, 7) is 0.861. The van der Waals surface area contributed by atoms with Crippen LogP contribution in [0.25, 0.3) is 5.82 Å². The van der Waals surface area contributed by atoms with Gasteiger partial charge in [-0.15, -0.1) is 0 Å². The van der Waals surface area contributed by atoms with Crippen LogP contribution in [0.1, 0.15) is 11.1 Å². The lowest BCUT2D eigenvalue weighted by Gasteiger charge is -2.23. The molecule has 0 aliphatic heterocycles. The summed E-state index contributed by atoms with van der Waals surface area (Å²) in [5, 5.41) is 6.93. The van der Waals surface area contributed by atoms with Gasteiger partial charge in [0.2, 0.25) is 0 Å². The largest absolute Gasteiger partial charge is 0.322 e. The maximum absolute atomic E-state index is 13.0. The van der Waals surface area contributed by atoms with E-state index in [0.717, 1.165) is 11.1 Å². The summed E-state index contributed by atoms with van der Waals surface area (Å²) in [6.07, 6.45) is 11.5. The number of amides is 2. The second-order valence-corrected chi connectivity index (χ2v) is 6.25. The SMILES string of the molecule is O=C(Nc1ccc(-n2cncn2)nc1)N(Cc1ccncc1)Cc1cccnc1. The Bertz CT molecular complexity index is 996. The fourth-order valence-corrected chi connectivity index (χ4v) is 2.74. The normalized spacial score (nSPS) is 10.5. The Balaban J connectivity index is 1.49. The minimum absolute atomic E-state index is 0.235. The van der Waals surface area contributed by atoms with Gasteiger partial charge < -0.3 is 10.2 Å². The van der Waals surface area contributed by atoms with E-state index in [9.17, 15) is 4.79 Å². The van der Waals surface area contributed by atoms with E-state index in [2.05, 4.69) is 30.4 Å². The van der Waals surface area contributed by atoms with E-state index in [1.807, 2.05) is 24.3 Å². The Kier molecular flexibility index (Phi) is 5.47. The highest BCUT2D eigenvalue weighted by molar-refractivity contribution is 5.89. The van der Waals surface area contributed by atoms with E-state index in [1.54, 1.807) is 59.0 Å². The monoisotopic (exact) mass is 386 g/mol. The molecule has 9 heteroatoms. The van der Waals surface area contributed by atoms with Crippen molar-refractivity contribution < 1.29 is 4.79 Å². The van der Waals surface area contributed by atoms with Gasteiger partial charge in [-0.05, 0) is 41.5 Å². The highest BCUT2D eigenvalue weighted by Gasteiger charge is 2.15. The quantitative estimate of drug-likeness (QED) is 0.547. The van der Waals surface area contributed by atoms with Crippen molar-refractivity contribution in [2.24, 2.45) is 0 Å². The zero-order valence-electron chi connectivity index (χ0n) is 15.5. The predicted octanol–water partition coefficient (Wildman–Crippen LogP) is 2.69. The first-order valence-electron chi connectivity index (χ1n) is 8.93. The standard InChI is InChI=1S/C20H18N8O/c29-20(26-18-3-4-19(24-11-18)28-15-23-14-25-28)27(12-16-5-8-21-9-6-16)13-17-2-1-7-22-10-17/h1-11,14-15H,12-13H2,(H,26,29). The van der Waals surface area contributed by atoms with Crippen molar-refractivity contribution in [2.75, 3.05) is 5.32 Å². The number of anilines is 1. The number of aromatic nitrogens is 6. The Morgan fingerprint density at radius 3 is 2.48 bits per heavy atom. The van der Waals surface area contributed by atoms with Gasteiger partial charge in [0, 0.05) is 37.9 Å². The lowest BCUT2D eigenvalue weighted by Crippen LogP contribution is -2.34. The summed E-state index contributed by atoms with van der Waals surface area (Å²) in [4.78, 5) is 31.0. The van der Waals surface area contributed by atoms with E-state index in [1.165, 1.54) is 6.33 Å². The molecule has 4 rings (SSSR count). The lowest BCUT2D eigenvalue weighted by molar-refractivity contribution is 0.206. The number of carbonyl (C=O) groups excluding carboxylic acids is 1. The van der Waals surface area contributed by atoms with Gasteiger partial charge >= 0.3 is 6.03 Å². The maximum Gasteiger partial charge on any atom is 0.322 e. The van der Waals surface area contributed by atoms with E-state index >= 15 is 0 Å². The van der Waals surface area contributed by atoms with Crippen LogP contribution in [0, 0.1) is 0 Å². The molecule has 0 aliphatic carbocycles. The van der Waals surface area contributed by atoms with Crippen molar-refractivity contribution in [2.45, 2.75) is 13.1 Å². The summed E-state index contributed by atoms with van der Waals surface area (Å²) in [6, 6.07) is 10.9. The molecule has 29 heavy (non-hydrogen) atoms. The molecule has 0 bridgehead atoms. The molecule has 0 saturated heterocycles. The number of pyridine rings is 3. The Morgan fingerprint density at radius 1 is 0.931 bits per heavy atom. The van der Waals surface area contributed by atoms with Crippen molar-refractivity contribution in [3.8, 4) is 5.82 Å². The summed E-state index contributed by atoms with van der Waals surface area (Å²) in [5.41, 5.74) is 2.51. The maximum atomic E-state index is 13.0. The van der Waals surface area contributed by atoms with Crippen molar-refractivity contribution in [1.82, 2.24) is 34.6 Å². The number of hydrogen-bond acceptors (Lipinski definition) is 6. The third-order valence-corrected chi connectivity index (χ3v) is 4.16. The summed E-state index contributed by atoms with van der Waals surface area (Å²) < 4.78 is 1.55. The number of carbonyl (C=O) groups is 1. The van der Waals surface area contributed by atoms with Crippen molar-refractivity contribution in [3.05, 3.63) is 91.2 Å². The second-order valence-electron chi connectivity index (χ2n) is 6.25. The van der Waals surface area contributed by atoms with Crippen LogP contribution in [0.2, 0.25) is 0 Å². The highest BCUT2D eigenvalue weighted by atomic mass is 16.2. The minimum Gasteiger partial charge on any atom is -0.316 e. The number of urea groups is 1.